The zero-order valence-corrected chi connectivity index (χ0v) is 14.7. The summed E-state index contributed by atoms with van der Waals surface area (Å²) in [7, 11) is 2.01. The van der Waals surface area contributed by atoms with Gasteiger partial charge in [0.2, 0.25) is 5.91 Å². The summed E-state index contributed by atoms with van der Waals surface area (Å²) in [6.07, 6.45) is 5.51. The minimum atomic E-state index is -0.503. The average Bonchev–Trinajstić information content (AvgIpc) is 2.89. The molecule has 1 aromatic rings. The number of ether oxygens (including phenoxy) is 1. The lowest BCUT2D eigenvalue weighted by molar-refractivity contribution is -0.156. The largest absolute Gasteiger partial charge is 0.460 e. The number of hydrogen-bond donors (Lipinski definition) is 0. The molecule has 128 valence electrons. The maximum Gasteiger partial charge on any atom is 0.306 e. The summed E-state index contributed by atoms with van der Waals surface area (Å²) in [6.45, 7) is 6.28. The molecule has 1 saturated heterocycles. The summed E-state index contributed by atoms with van der Waals surface area (Å²) in [6, 6.07) is 4.20. The van der Waals surface area contributed by atoms with Crippen molar-refractivity contribution in [1.29, 1.82) is 0 Å². The van der Waals surface area contributed by atoms with Crippen LogP contribution in [0.1, 0.15) is 64.6 Å². The topological polar surface area (TPSA) is 51.5 Å². The molecule has 23 heavy (non-hydrogen) atoms. The first-order valence-corrected chi connectivity index (χ1v) is 8.40. The van der Waals surface area contributed by atoms with Crippen molar-refractivity contribution in [3.05, 3.63) is 24.0 Å². The highest BCUT2D eigenvalue weighted by Crippen LogP contribution is 2.31. The monoisotopic (exact) mass is 320 g/mol. The molecule has 2 rings (SSSR count). The van der Waals surface area contributed by atoms with Gasteiger partial charge in [0.15, 0.2) is 0 Å². The fourth-order valence-electron chi connectivity index (χ4n) is 3.10. The smallest absolute Gasteiger partial charge is 0.306 e. The summed E-state index contributed by atoms with van der Waals surface area (Å²) >= 11 is 0. The molecular formula is C18H28N2O3. The van der Waals surface area contributed by atoms with E-state index in [9.17, 15) is 9.59 Å². The number of aromatic nitrogens is 1. The summed E-state index contributed by atoms with van der Waals surface area (Å²) in [5.74, 6) is -0.264. The first kappa shape index (κ1) is 17.6. The maximum atomic E-state index is 12.6. The van der Waals surface area contributed by atoms with E-state index in [1.165, 1.54) is 0 Å². The third kappa shape index (κ3) is 4.85. The molecule has 0 aromatic carbocycles. The third-order valence-corrected chi connectivity index (χ3v) is 4.11. The standard InChI is InChI=1S/C18H28N2O3/c1-18(2,3)23-17(22)11-10-16(21)20-13-6-5-8-15(20)14-9-7-12-19(14)4/h7,9,12,15H,5-6,8,10-11,13H2,1-4H3/t15-/m0/s1. The number of carbonyl (C=O) groups excluding carboxylic acids is 2. The second kappa shape index (κ2) is 7.20. The summed E-state index contributed by atoms with van der Waals surface area (Å²) in [5.41, 5.74) is 0.659. The highest BCUT2D eigenvalue weighted by Gasteiger charge is 2.29. The fourth-order valence-corrected chi connectivity index (χ4v) is 3.10. The van der Waals surface area contributed by atoms with Crippen LogP contribution in [0.4, 0.5) is 0 Å². The molecule has 1 amide bonds. The van der Waals surface area contributed by atoms with Crippen LogP contribution in [0.25, 0.3) is 0 Å². The Morgan fingerprint density at radius 3 is 2.61 bits per heavy atom. The van der Waals surface area contributed by atoms with Gasteiger partial charge in [0, 0.05) is 31.9 Å². The van der Waals surface area contributed by atoms with Crippen molar-refractivity contribution in [2.24, 2.45) is 7.05 Å². The molecule has 1 fully saturated rings. The Labute approximate surface area is 138 Å². The molecule has 0 N–H and O–H groups in total. The van der Waals surface area contributed by atoms with Crippen molar-refractivity contribution < 1.29 is 14.3 Å². The van der Waals surface area contributed by atoms with Crippen molar-refractivity contribution in [2.75, 3.05) is 6.54 Å². The van der Waals surface area contributed by atoms with Crippen LogP contribution in [0.15, 0.2) is 18.3 Å². The van der Waals surface area contributed by atoms with Crippen molar-refractivity contribution in [3.8, 4) is 0 Å². The number of rotatable bonds is 4. The summed E-state index contributed by atoms with van der Waals surface area (Å²) in [4.78, 5) is 26.3. The Balaban J connectivity index is 1.96. The van der Waals surface area contributed by atoms with Gasteiger partial charge >= 0.3 is 5.97 Å². The van der Waals surface area contributed by atoms with E-state index in [0.717, 1.165) is 31.5 Å². The Kier molecular flexibility index (Phi) is 5.50. The number of hydrogen-bond acceptors (Lipinski definition) is 3. The van der Waals surface area contributed by atoms with Crippen LogP contribution >= 0.6 is 0 Å². The van der Waals surface area contributed by atoms with Gasteiger partial charge in [-0.1, -0.05) is 0 Å². The summed E-state index contributed by atoms with van der Waals surface area (Å²) in [5, 5.41) is 0. The predicted molar refractivity (Wildman–Crippen MR) is 88.8 cm³/mol. The molecule has 0 unspecified atom stereocenters. The van der Waals surface area contributed by atoms with Crippen LogP contribution in [0, 0.1) is 0 Å². The lowest BCUT2D eigenvalue weighted by Crippen LogP contribution is -2.39. The highest BCUT2D eigenvalue weighted by molar-refractivity contribution is 5.81. The molecule has 1 aliphatic rings. The van der Waals surface area contributed by atoms with E-state index in [1.807, 2.05) is 45.0 Å². The van der Waals surface area contributed by atoms with Crippen molar-refractivity contribution >= 4 is 11.9 Å². The Hall–Kier alpha value is -1.78. The third-order valence-electron chi connectivity index (χ3n) is 4.11. The molecule has 5 nitrogen and oxygen atoms in total. The first-order chi connectivity index (χ1) is 10.8. The van der Waals surface area contributed by atoms with Gasteiger partial charge in [-0.05, 0) is 52.2 Å². The van der Waals surface area contributed by atoms with Crippen LogP contribution in [-0.4, -0.2) is 33.5 Å². The molecule has 0 bridgehead atoms. The number of aryl methyl sites for hydroxylation is 1. The van der Waals surface area contributed by atoms with Crippen LogP contribution in [0.3, 0.4) is 0 Å². The molecular weight excluding hydrogens is 292 g/mol. The molecule has 0 radical (unpaired) electrons. The molecule has 2 heterocycles. The number of carbonyl (C=O) groups is 2. The molecule has 1 aromatic heterocycles. The number of likely N-dealkylation sites (tertiary alicyclic amines) is 1. The molecule has 1 aliphatic heterocycles. The summed E-state index contributed by atoms with van der Waals surface area (Å²) < 4.78 is 7.35. The fraction of sp³-hybridized carbons (Fsp3) is 0.667. The van der Waals surface area contributed by atoms with Gasteiger partial charge in [0.05, 0.1) is 12.5 Å². The number of esters is 1. The predicted octanol–water partition coefficient (Wildman–Crippen LogP) is 3.20. The van der Waals surface area contributed by atoms with E-state index >= 15 is 0 Å². The SMILES string of the molecule is Cn1cccc1[C@@H]1CCCCN1C(=O)CCC(=O)OC(C)(C)C. The van der Waals surface area contributed by atoms with Crippen LogP contribution < -0.4 is 0 Å². The van der Waals surface area contributed by atoms with Gasteiger partial charge in [0.25, 0.3) is 0 Å². The first-order valence-electron chi connectivity index (χ1n) is 8.40. The van der Waals surface area contributed by atoms with Gasteiger partial charge in [0.1, 0.15) is 5.60 Å². The number of nitrogens with zero attached hydrogens (tertiary/aromatic N) is 2. The minimum absolute atomic E-state index is 0.0433. The second-order valence-corrected chi connectivity index (χ2v) is 7.23. The average molecular weight is 320 g/mol. The molecule has 0 aliphatic carbocycles. The second-order valence-electron chi connectivity index (χ2n) is 7.23. The van der Waals surface area contributed by atoms with E-state index in [2.05, 4.69) is 10.6 Å². The van der Waals surface area contributed by atoms with Gasteiger partial charge in [-0.25, -0.2) is 0 Å². The van der Waals surface area contributed by atoms with E-state index in [4.69, 9.17) is 4.74 Å². The number of amides is 1. The number of piperidine rings is 1. The van der Waals surface area contributed by atoms with Crippen LogP contribution in [0.5, 0.6) is 0 Å². The van der Waals surface area contributed by atoms with Crippen LogP contribution in [0.2, 0.25) is 0 Å². The lowest BCUT2D eigenvalue weighted by atomic mass is 9.98. The Morgan fingerprint density at radius 1 is 1.26 bits per heavy atom. The molecule has 1 atom stereocenters. The van der Waals surface area contributed by atoms with E-state index < -0.39 is 5.60 Å². The normalized spacial score (nSPS) is 18.8. The maximum absolute atomic E-state index is 12.6. The molecule has 0 spiro atoms. The minimum Gasteiger partial charge on any atom is -0.460 e. The molecule has 5 heteroatoms. The lowest BCUT2D eigenvalue weighted by Gasteiger charge is -2.36. The van der Waals surface area contributed by atoms with E-state index in [1.54, 1.807) is 0 Å². The zero-order valence-electron chi connectivity index (χ0n) is 14.7. The van der Waals surface area contributed by atoms with E-state index in [-0.39, 0.29) is 30.8 Å². The van der Waals surface area contributed by atoms with E-state index in [0.29, 0.717) is 0 Å². The van der Waals surface area contributed by atoms with Gasteiger partial charge in [-0.15, -0.1) is 0 Å². The van der Waals surface area contributed by atoms with Gasteiger partial charge in [-0.3, -0.25) is 9.59 Å². The van der Waals surface area contributed by atoms with Gasteiger partial charge < -0.3 is 14.2 Å². The molecule has 0 saturated carbocycles. The van der Waals surface area contributed by atoms with Crippen molar-refractivity contribution in [2.45, 2.75) is 64.5 Å². The Bertz CT molecular complexity index is 557. The van der Waals surface area contributed by atoms with Crippen molar-refractivity contribution in [3.63, 3.8) is 0 Å². The highest BCUT2D eigenvalue weighted by atomic mass is 16.6. The zero-order chi connectivity index (χ0) is 17.0. The van der Waals surface area contributed by atoms with Gasteiger partial charge in [-0.2, -0.15) is 0 Å². The van der Waals surface area contributed by atoms with Crippen LogP contribution in [-0.2, 0) is 21.4 Å². The van der Waals surface area contributed by atoms with Crippen molar-refractivity contribution in [1.82, 2.24) is 9.47 Å². The Morgan fingerprint density at radius 2 is 2.00 bits per heavy atom. The quantitative estimate of drug-likeness (QED) is 0.801.